The Labute approximate surface area is 157 Å². The summed E-state index contributed by atoms with van der Waals surface area (Å²) in [6, 6.07) is 8.09. The van der Waals surface area contributed by atoms with Gasteiger partial charge in [0.2, 0.25) is 0 Å². The second-order valence-electron chi connectivity index (χ2n) is 6.30. The summed E-state index contributed by atoms with van der Waals surface area (Å²) in [5.74, 6) is -0.701. The summed E-state index contributed by atoms with van der Waals surface area (Å²) in [5.41, 5.74) is 1.67. The topological polar surface area (TPSA) is 45.7 Å². The van der Waals surface area contributed by atoms with E-state index in [9.17, 15) is 9.18 Å². The van der Waals surface area contributed by atoms with E-state index in [1.165, 1.54) is 17.0 Å². The molecule has 0 atom stereocenters. The van der Waals surface area contributed by atoms with Crippen molar-refractivity contribution in [3.8, 4) is 0 Å². The van der Waals surface area contributed by atoms with Crippen LogP contribution in [-0.2, 0) is 17.8 Å². The fourth-order valence-electron chi connectivity index (χ4n) is 2.85. The Morgan fingerprint density at radius 3 is 2.73 bits per heavy atom. The zero-order chi connectivity index (χ0) is 18.5. The molecule has 1 amide bonds. The third-order valence-corrected chi connectivity index (χ3v) is 4.71. The number of carbonyl (C=O) groups is 1. The molecule has 7 heteroatoms. The lowest BCUT2D eigenvalue weighted by molar-refractivity contribution is 0.0341. The average molecular weight is 378 g/mol. The van der Waals surface area contributed by atoms with Crippen LogP contribution in [0, 0.1) is 5.82 Å². The summed E-state index contributed by atoms with van der Waals surface area (Å²) in [5, 5.41) is 0.304. The largest absolute Gasteiger partial charge is 0.379 e. The Morgan fingerprint density at radius 1 is 1.31 bits per heavy atom. The number of ether oxygens (including phenoxy) is 1. The molecule has 0 spiro atoms. The maximum Gasteiger partial charge on any atom is 0.272 e. The Morgan fingerprint density at radius 2 is 2.08 bits per heavy atom. The number of pyridine rings is 1. The number of carbonyl (C=O) groups excluding carboxylic acids is 1. The Hall–Kier alpha value is -2.02. The van der Waals surface area contributed by atoms with Crippen LogP contribution in [0.15, 0.2) is 36.5 Å². The van der Waals surface area contributed by atoms with Crippen LogP contribution in [0.2, 0.25) is 5.02 Å². The molecule has 5 nitrogen and oxygen atoms in total. The van der Waals surface area contributed by atoms with Crippen LogP contribution < -0.4 is 0 Å². The molecule has 2 heterocycles. The molecule has 0 radical (unpaired) electrons. The number of hydrogen-bond donors (Lipinski definition) is 0. The lowest BCUT2D eigenvalue weighted by Gasteiger charge is -2.26. The van der Waals surface area contributed by atoms with Gasteiger partial charge < -0.3 is 9.64 Å². The molecule has 1 saturated heterocycles. The number of amides is 1. The highest BCUT2D eigenvalue weighted by Gasteiger charge is 2.17. The predicted octanol–water partition coefficient (Wildman–Crippen LogP) is 2.98. The first kappa shape index (κ1) is 18.8. The standard InChI is InChI=1S/C19H21ClFN3O2/c1-23(13-15-16(20)3-2-4-17(15)21)19(25)18-6-5-14(11-22-18)12-24-7-9-26-10-8-24/h2-6,11H,7-10,12-13H2,1H3. The molecular weight excluding hydrogens is 357 g/mol. The first-order chi connectivity index (χ1) is 12.5. The molecule has 3 rings (SSSR count). The van der Waals surface area contributed by atoms with E-state index in [1.54, 1.807) is 25.4 Å². The number of aromatic nitrogens is 1. The smallest absolute Gasteiger partial charge is 0.272 e. The molecule has 0 N–H and O–H groups in total. The van der Waals surface area contributed by atoms with Gasteiger partial charge in [0.15, 0.2) is 0 Å². The molecule has 1 aromatic heterocycles. The molecular formula is C19H21ClFN3O2. The fraction of sp³-hybridized carbons (Fsp3) is 0.368. The van der Waals surface area contributed by atoms with Crippen LogP contribution in [0.25, 0.3) is 0 Å². The van der Waals surface area contributed by atoms with Gasteiger partial charge in [-0.15, -0.1) is 0 Å². The van der Waals surface area contributed by atoms with Crippen molar-refractivity contribution in [2.75, 3.05) is 33.4 Å². The summed E-state index contributed by atoms with van der Waals surface area (Å²) in [4.78, 5) is 20.5. The minimum atomic E-state index is -0.425. The highest BCUT2D eigenvalue weighted by Crippen LogP contribution is 2.21. The minimum absolute atomic E-state index is 0.0849. The molecule has 0 saturated carbocycles. The van der Waals surface area contributed by atoms with Crippen LogP contribution in [0.4, 0.5) is 4.39 Å². The van der Waals surface area contributed by atoms with E-state index in [4.69, 9.17) is 16.3 Å². The lowest BCUT2D eigenvalue weighted by atomic mass is 10.2. The van der Waals surface area contributed by atoms with Crippen LogP contribution in [0.1, 0.15) is 21.6 Å². The number of nitrogens with zero attached hydrogens (tertiary/aromatic N) is 3. The molecule has 1 aromatic carbocycles. The van der Waals surface area contributed by atoms with Crippen molar-refractivity contribution in [2.45, 2.75) is 13.1 Å². The molecule has 0 unspecified atom stereocenters. The third-order valence-electron chi connectivity index (χ3n) is 4.36. The average Bonchev–Trinajstić information content (AvgIpc) is 2.65. The quantitative estimate of drug-likeness (QED) is 0.803. The molecule has 1 fully saturated rings. The lowest BCUT2D eigenvalue weighted by Crippen LogP contribution is -2.35. The number of rotatable bonds is 5. The van der Waals surface area contributed by atoms with E-state index >= 15 is 0 Å². The highest BCUT2D eigenvalue weighted by atomic mass is 35.5. The summed E-state index contributed by atoms with van der Waals surface area (Å²) >= 11 is 6.03. The Kier molecular flexibility index (Phi) is 6.19. The number of morpholine rings is 1. The first-order valence-corrected chi connectivity index (χ1v) is 8.86. The zero-order valence-corrected chi connectivity index (χ0v) is 15.4. The van der Waals surface area contributed by atoms with Crippen molar-refractivity contribution in [1.29, 1.82) is 0 Å². The summed E-state index contributed by atoms with van der Waals surface area (Å²) in [6.07, 6.45) is 1.71. The monoisotopic (exact) mass is 377 g/mol. The third kappa shape index (κ3) is 4.58. The molecule has 1 aliphatic heterocycles. The molecule has 26 heavy (non-hydrogen) atoms. The second kappa shape index (κ2) is 8.58. The summed E-state index contributed by atoms with van der Waals surface area (Å²) < 4.78 is 19.2. The van der Waals surface area contributed by atoms with E-state index in [1.807, 2.05) is 6.07 Å². The van der Waals surface area contributed by atoms with E-state index in [0.29, 0.717) is 16.3 Å². The van der Waals surface area contributed by atoms with Crippen molar-refractivity contribution >= 4 is 17.5 Å². The van der Waals surface area contributed by atoms with Crippen molar-refractivity contribution < 1.29 is 13.9 Å². The predicted molar refractivity (Wildman–Crippen MR) is 97.5 cm³/mol. The van der Waals surface area contributed by atoms with Crippen LogP contribution in [-0.4, -0.2) is 54.0 Å². The van der Waals surface area contributed by atoms with Gasteiger partial charge in [0.25, 0.3) is 5.91 Å². The summed E-state index contributed by atoms with van der Waals surface area (Å²) in [7, 11) is 1.61. The van der Waals surface area contributed by atoms with Crippen molar-refractivity contribution in [2.24, 2.45) is 0 Å². The van der Waals surface area contributed by atoms with Gasteiger partial charge in [-0.05, 0) is 23.8 Å². The maximum absolute atomic E-state index is 13.9. The van der Waals surface area contributed by atoms with E-state index in [-0.39, 0.29) is 12.5 Å². The second-order valence-corrected chi connectivity index (χ2v) is 6.71. The van der Waals surface area contributed by atoms with Gasteiger partial charge in [-0.2, -0.15) is 0 Å². The van der Waals surface area contributed by atoms with Crippen LogP contribution in [0.3, 0.4) is 0 Å². The van der Waals surface area contributed by atoms with Gasteiger partial charge in [-0.25, -0.2) is 4.39 Å². The number of hydrogen-bond acceptors (Lipinski definition) is 4. The molecule has 2 aromatic rings. The van der Waals surface area contributed by atoms with E-state index in [2.05, 4.69) is 9.88 Å². The number of benzene rings is 1. The molecule has 1 aliphatic rings. The number of halogens is 2. The molecule has 0 bridgehead atoms. The van der Waals surface area contributed by atoms with Gasteiger partial charge in [-0.3, -0.25) is 14.7 Å². The van der Waals surface area contributed by atoms with Crippen molar-refractivity contribution in [3.63, 3.8) is 0 Å². The van der Waals surface area contributed by atoms with Gasteiger partial charge >= 0.3 is 0 Å². The van der Waals surface area contributed by atoms with Gasteiger partial charge in [0.05, 0.1) is 19.8 Å². The zero-order valence-electron chi connectivity index (χ0n) is 14.6. The molecule has 0 aliphatic carbocycles. The van der Waals surface area contributed by atoms with Gasteiger partial charge in [0.1, 0.15) is 11.5 Å². The highest BCUT2D eigenvalue weighted by molar-refractivity contribution is 6.31. The van der Waals surface area contributed by atoms with Crippen molar-refractivity contribution in [1.82, 2.24) is 14.8 Å². The van der Waals surface area contributed by atoms with Crippen molar-refractivity contribution in [3.05, 3.63) is 64.2 Å². The minimum Gasteiger partial charge on any atom is -0.379 e. The SMILES string of the molecule is CN(Cc1c(F)cccc1Cl)C(=O)c1ccc(CN2CCOCC2)cn1. The van der Waals surface area contributed by atoms with Gasteiger partial charge in [-0.1, -0.05) is 23.7 Å². The fourth-order valence-corrected chi connectivity index (χ4v) is 3.07. The molecule has 138 valence electrons. The Bertz CT molecular complexity index is 744. The van der Waals surface area contributed by atoms with Crippen LogP contribution in [0.5, 0.6) is 0 Å². The van der Waals surface area contributed by atoms with Gasteiger partial charge in [0, 0.05) is 43.5 Å². The maximum atomic E-state index is 13.9. The van der Waals surface area contributed by atoms with E-state index < -0.39 is 5.82 Å². The van der Waals surface area contributed by atoms with E-state index in [0.717, 1.165) is 38.4 Å². The Balaban J connectivity index is 1.63. The first-order valence-electron chi connectivity index (χ1n) is 8.48. The van der Waals surface area contributed by atoms with Crippen LogP contribution >= 0.6 is 11.6 Å². The summed E-state index contributed by atoms with van der Waals surface area (Å²) in [6.45, 7) is 4.15. The normalized spacial score (nSPS) is 15.0.